The number of likely N-dealkylation sites (N-methyl/N-ethyl adjacent to an activating group) is 1. The molecule has 1 aromatic rings. The molecule has 6 heteroatoms. The first-order valence-electron chi connectivity index (χ1n) is 10.8. The summed E-state index contributed by atoms with van der Waals surface area (Å²) >= 11 is 0. The lowest BCUT2D eigenvalue weighted by molar-refractivity contribution is -0.139. The third kappa shape index (κ3) is 4.85. The number of hydrogen-bond acceptors (Lipinski definition) is 3. The van der Waals surface area contributed by atoms with Crippen molar-refractivity contribution in [1.29, 1.82) is 0 Å². The maximum Gasteiger partial charge on any atom is 0.321 e. The maximum absolute atomic E-state index is 13.2. The van der Waals surface area contributed by atoms with Gasteiger partial charge in [-0.25, -0.2) is 4.79 Å². The third-order valence-corrected chi connectivity index (χ3v) is 6.19. The summed E-state index contributed by atoms with van der Waals surface area (Å²) in [5.41, 5.74) is 0.815. The predicted octanol–water partition coefficient (Wildman–Crippen LogP) is 3.26. The van der Waals surface area contributed by atoms with Crippen LogP contribution in [0.25, 0.3) is 0 Å². The number of carbonyl (C=O) groups excluding carboxylic acids is 2. The fraction of sp³-hybridized carbons (Fsp3) is 0.636. The van der Waals surface area contributed by atoms with Crippen LogP contribution in [0.5, 0.6) is 0 Å². The molecule has 1 saturated carbocycles. The minimum Gasteiger partial charge on any atom is -0.342 e. The van der Waals surface area contributed by atoms with E-state index in [2.05, 4.69) is 24.1 Å². The number of piperazine rings is 1. The van der Waals surface area contributed by atoms with Crippen LogP contribution in [0.3, 0.4) is 0 Å². The first-order valence-corrected chi connectivity index (χ1v) is 10.8. The molecule has 28 heavy (non-hydrogen) atoms. The smallest absolute Gasteiger partial charge is 0.321 e. The zero-order valence-corrected chi connectivity index (χ0v) is 17.3. The van der Waals surface area contributed by atoms with E-state index < -0.39 is 0 Å². The molecule has 1 heterocycles. The Labute approximate surface area is 168 Å². The molecule has 1 unspecified atom stereocenters. The summed E-state index contributed by atoms with van der Waals surface area (Å²) in [5, 5.41) is 2.96. The lowest BCUT2D eigenvalue weighted by atomic mass is 9.94. The number of benzene rings is 1. The van der Waals surface area contributed by atoms with Gasteiger partial charge in [0.1, 0.15) is 0 Å². The maximum atomic E-state index is 13.2. The number of carbonyl (C=O) groups is 2. The summed E-state index contributed by atoms with van der Waals surface area (Å²) in [7, 11) is 0. The van der Waals surface area contributed by atoms with Crippen molar-refractivity contribution in [3.63, 3.8) is 0 Å². The number of nitrogens with one attached hydrogen (secondary N) is 1. The van der Waals surface area contributed by atoms with Gasteiger partial charge in [0.25, 0.3) is 0 Å². The standard InChI is InChI=1S/C22H34N4O2/c1-3-24(4-2)21(27)20(18-10-8-9-11-18)25-14-16-26(17-15-25)22(28)23-19-12-6-5-7-13-19/h5-7,12-13,18,20H,3-4,8-11,14-17H2,1-2H3,(H,23,28). The Hall–Kier alpha value is -2.08. The van der Waals surface area contributed by atoms with Crippen molar-refractivity contribution in [3.8, 4) is 0 Å². The number of rotatable bonds is 6. The van der Waals surface area contributed by atoms with Crippen molar-refractivity contribution >= 4 is 17.6 Å². The molecule has 3 amide bonds. The molecule has 1 saturated heterocycles. The van der Waals surface area contributed by atoms with Crippen LogP contribution < -0.4 is 5.32 Å². The van der Waals surface area contributed by atoms with Gasteiger partial charge in [0.15, 0.2) is 0 Å². The van der Waals surface area contributed by atoms with E-state index in [-0.39, 0.29) is 18.0 Å². The van der Waals surface area contributed by atoms with E-state index in [1.165, 1.54) is 12.8 Å². The molecule has 0 radical (unpaired) electrons. The van der Waals surface area contributed by atoms with Crippen molar-refractivity contribution in [3.05, 3.63) is 30.3 Å². The molecule has 154 valence electrons. The van der Waals surface area contributed by atoms with Crippen LogP contribution >= 0.6 is 0 Å². The molecule has 3 rings (SSSR count). The van der Waals surface area contributed by atoms with E-state index in [0.29, 0.717) is 19.0 Å². The summed E-state index contributed by atoms with van der Waals surface area (Å²) in [5.74, 6) is 0.733. The molecule has 2 fully saturated rings. The number of amides is 3. The van der Waals surface area contributed by atoms with Crippen LogP contribution in [-0.2, 0) is 4.79 Å². The summed E-state index contributed by atoms with van der Waals surface area (Å²) in [6.07, 6.45) is 4.75. The lowest BCUT2D eigenvalue weighted by Crippen LogP contribution is -2.58. The predicted molar refractivity (Wildman–Crippen MR) is 112 cm³/mol. The Morgan fingerprint density at radius 1 is 1.04 bits per heavy atom. The van der Waals surface area contributed by atoms with Crippen LogP contribution in [0.4, 0.5) is 10.5 Å². The van der Waals surface area contributed by atoms with Crippen molar-refractivity contribution in [2.45, 2.75) is 45.6 Å². The number of hydrogen-bond donors (Lipinski definition) is 1. The monoisotopic (exact) mass is 386 g/mol. The Morgan fingerprint density at radius 2 is 1.64 bits per heavy atom. The first-order chi connectivity index (χ1) is 13.6. The van der Waals surface area contributed by atoms with Crippen molar-refractivity contribution < 1.29 is 9.59 Å². The Kier molecular flexibility index (Phi) is 7.31. The Morgan fingerprint density at radius 3 is 2.21 bits per heavy atom. The summed E-state index contributed by atoms with van der Waals surface area (Å²) in [4.78, 5) is 32.0. The Bertz CT molecular complexity index is 633. The highest BCUT2D eigenvalue weighted by atomic mass is 16.2. The van der Waals surface area contributed by atoms with E-state index >= 15 is 0 Å². The minimum absolute atomic E-state index is 0.0262. The van der Waals surface area contributed by atoms with Gasteiger partial charge in [0.2, 0.25) is 5.91 Å². The van der Waals surface area contributed by atoms with Gasteiger partial charge in [0.05, 0.1) is 6.04 Å². The highest BCUT2D eigenvalue weighted by molar-refractivity contribution is 5.89. The first kappa shape index (κ1) is 20.6. The van der Waals surface area contributed by atoms with E-state index in [9.17, 15) is 9.59 Å². The fourth-order valence-corrected chi connectivity index (χ4v) is 4.58. The molecular formula is C22H34N4O2. The zero-order chi connectivity index (χ0) is 19.9. The number of anilines is 1. The highest BCUT2D eigenvalue weighted by Crippen LogP contribution is 2.32. The van der Waals surface area contributed by atoms with E-state index in [1.54, 1.807) is 0 Å². The molecule has 1 aliphatic heterocycles. The van der Waals surface area contributed by atoms with Gasteiger partial charge in [-0.15, -0.1) is 0 Å². The SMILES string of the molecule is CCN(CC)C(=O)C(C1CCCC1)N1CCN(C(=O)Nc2ccccc2)CC1. The topological polar surface area (TPSA) is 55.9 Å². The second-order valence-electron chi connectivity index (χ2n) is 7.82. The van der Waals surface area contributed by atoms with Gasteiger partial charge in [-0.05, 0) is 44.7 Å². The van der Waals surface area contributed by atoms with Crippen molar-refractivity contribution in [1.82, 2.24) is 14.7 Å². The molecule has 1 aromatic carbocycles. The van der Waals surface area contributed by atoms with E-state index in [0.717, 1.165) is 44.7 Å². The third-order valence-electron chi connectivity index (χ3n) is 6.19. The van der Waals surface area contributed by atoms with Crippen LogP contribution in [0, 0.1) is 5.92 Å². The normalized spacial score (nSPS) is 19.4. The molecule has 1 N–H and O–H groups in total. The molecule has 1 aliphatic carbocycles. The van der Waals surface area contributed by atoms with Gasteiger partial charge in [-0.3, -0.25) is 9.69 Å². The zero-order valence-electron chi connectivity index (χ0n) is 17.3. The summed E-state index contributed by atoms with van der Waals surface area (Å²) in [6.45, 7) is 8.47. The minimum atomic E-state index is -0.0571. The average Bonchev–Trinajstić information content (AvgIpc) is 3.24. The van der Waals surface area contributed by atoms with Crippen LogP contribution in [0.15, 0.2) is 30.3 Å². The summed E-state index contributed by atoms with van der Waals surface area (Å²) in [6, 6.07) is 9.47. The van der Waals surface area contributed by atoms with Gasteiger partial charge in [0, 0.05) is 45.0 Å². The van der Waals surface area contributed by atoms with Gasteiger partial charge < -0.3 is 15.1 Å². The molecule has 6 nitrogen and oxygen atoms in total. The molecule has 0 aromatic heterocycles. The molecule has 1 atom stereocenters. The van der Waals surface area contributed by atoms with Gasteiger partial charge >= 0.3 is 6.03 Å². The highest BCUT2D eigenvalue weighted by Gasteiger charge is 2.38. The van der Waals surface area contributed by atoms with E-state index in [1.807, 2.05) is 40.1 Å². The number of nitrogens with zero attached hydrogens (tertiary/aromatic N) is 3. The van der Waals surface area contributed by atoms with Crippen molar-refractivity contribution in [2.75, 3.05) is 44.6 Å². The van der Waals surface area contributed by atoms with Crippen LogP contribution in [-0.4, -0.2) is 71.9 Å². The largest absolute Gasteiger partial charge is 0.342 e. The Balaban J connectivity index is 1.61. The van der Waals surface area contributed by atoms with Crippen LogP contribution in [0.1, 0.15) is 39.5 Å². The molecule has 2 aliphatic rings. The average molecular weight is 387 g/mol. The second kappa shape index (κ2) is 9.92. The lowest BCUT2D eigenvalue weighted by Gasteiger charge is -2.42. The van der Waals surface area contributed by atoms with Gasteiger partial charge in [-0.2, -0.15) is 0 Å². The molecule has 0 spiro atoms. The fourth-order valence-electron chi connectivity index (χ4n) is 4.58. The molecular weight excluding hydrogens is 352 g/mol. The van der Waals surface area contributed by atoms with Crippen molar-refractivity contribution in [2.24, 2.45) is 5.92 Å². The number of urea groups is 1. The van der Waals surface area contributed by atoms with Crippen LogP contribution in [0.2, 0.25) is 0 Å². The second-order valence-corrected chi connectivity index (χ2v) is 7.82. The van der Waals surface area contributed by atoms with E-state index in [4.69, 9.17) is 0 Å². The quantitative estimate of drug-likeness (QED) is 0.816. The van der Waals surface area contributed by atoms with Gasteiger partial charge in [-0.1, -0.05) is 31.0 Å². The number of para-hydroxylation sites is 1. The summed E-state index contributed by atoms with van der Waals surface area (Å²) < 4.78 is 0. The molecule has 0 bridgehead atoms.